The molecule has 1 aliphatic rings. The van der Waals surface area contributed by atoms with Crippen LogP contribution in [0.4, 0.5) is 68.2 Å². The number of hydrogen-bond acceptors (Lipinski definition) is 5. The summed E-state index contributed by atoms with van der Waals surface area (Å²) in [7, 11) is 0. The third-order valence-electron chi connectivity index (χ3n) is 19.9. The highest BCUT2D eigenvalue weighted by Crippen LogP contribution is 2.47. The van der Waals surface area contributed by atoms with Crippen molar-refractivity contribution in [1.82, 2.24) is 0 Å². The van der Waals surface area contributed by atoms with E-state index in [1.807, 2.05) is 11.3 Å². The standard InChI is InChI=1S/C97H68N4S/c1-5-20-77(21-6-1)98(78-22-7-2-8-23-78)81-51-35-68(36-52-81)70-39-55-83(56-40-70)100(87-63-47-74(48-64-87)89-30-17-32-92-90-28-14-13-19-76(90)67-95(89)92)84-57-41-72(42-58-84)73-45-61-86(62-46-73)101(88-65-49-75(50-66-88)91-31-18-33-94-93-29-15-16-34-96(93)102-97(91)94)85-59-43-71(44-60-85)69-37-53-82(54-38-69)99(79-24-9-3-10-25-79)80-26-11-4-12-27-80/h1-66H,67H2. The smallest absolute Gasteiger partial charge is 0.0462 e. The maximum absolute atomic E-state index is 2.38. The first kappa shape index (κ1) is 61.3. The fraction of sp³-hybridized carbons (Fsp3) is 0.0103. The van der Waals surface area contributed by atoms with Gasteiger partial charge >= 0.3 is 0 Å². The van der Waals surface area contributed by atoms with Gasteiger partial charge in [0, 0.05) is 88.4 Å². The van der Waals surface area contributed by atoms with E-state index in [-0.39, 0.29) is 0 Å². The lowest BCUT2D eigenvalue weighted by Gasteiger charge is -2.27. The van der Waals surface area contributed by atoms with Crippen molar-refractivity contribution in [2.24, 2.45) is 0 Å². The van der Waals surface area contributed by atoms with Crippen LogP contribution in [-0.4, -0.2) is 0 Å². The van der Waals surface area contributed by atoms with Crippen molar-refractivity contribution in [1.29, 1.82) is 0 Å². The number of hydrogen-bond donors (Lipinski definition) is 0. The summed E-state index contributed by atoms with van der Waals surface area (Å²) < 4.78 is 2.62. The van der Waals surface area contributed by atoms with Crippen LogP contribution in [0, 0.1) is 0 Å². The summed E-state index contributed by atoms with van der Waals surface area (Å²) in [5.74, 6) is 0. The molecule has 0 amide bonds. The highest BCUT2D eigenvalue weighted by molar-refractivity contribution is 7.26. The average molecular weight is 1320 g/mol. The van der Waals surface area contributed by atoms with E-state index in [9.17, 15) is 0 Å². The highest BCUT2D eigenvalue weighted by Gasteiger charge is 2.23. The molecule has 0 atom stereocenters. The number of rotatable bonds is 17. The molecule has 18 rings (SSSR count). The van der Waals surface area contributed by atoms with Crippen LogP contribution in [-0.2, 0) is 6.42 Å². The lowest BCUT2D eigenvalue weighted by atomic mass is 9.95. The van der Waals surface area contributed by atoms with Gasteiger partial charge in [0.1, 0.15) is 0 Å². The molecule has 5 heteroatoms. The van der Waals surface area contributed by atoms with Gasteiger partial charge in [-0.05, 0) is 236 Å². The Morgan fingerprint density at radius 2 is 0.431 bits per heavy atom. The molecule has 0 saturated heterocycles. The molecule has 482 valence electrons. The van der Waals surface area contributed by atoms with Gasteiger partial charge in [-0.2, -0.15) is 0 Å². The van der Waals surface area contributed by atoms with Crippen molar-refractivity contribution in [3.8, 4) is 66.8 Å². The SMILES string of the molecule is c1ccc(N(c2ccccc2)c2ccc(-c3ccc(N(c4ccc(-c5ccc(N(c6ccc(-c7ccc(N(c8ccccc8)c8ccccc8)cc7)cc6)c6ccc(-c7cccc8c7sc7ccccc78)cc6)cc5)cc4)c4ccc(-c5cccc6c5Cc5ccccc5-6)cc4)cc3)cc2)cc1. The van der Waals surface area contributed by atoms with Crippen LogP contribution in [0.15, 0.2) is 400 Å². The summed E-state index contributed by atoms with van der Waals surface area (Å²) in [5, 5.41) is 2.60. The van der Waals surface area contributed by atoms with Crippen LogP contribution in [0.5, 0.6) is 0 Å². The molecule has 16 aromatic carbocycles. The molecule has 17 aromatic rings. The summed E-state index contributed by atoms with van der Waals surface area (Å²) in [6, 6.07) is 146. The lowest BCUT2D eigenvalue weighted by Crippen LogP contribution is -2.10. The topological polar surface area (TPSA) is 13.0 Å². The van der Waals surface area contributed by atoms with Crippen LogP contribution < -0.4 is 19.6 Å². The van der Waals surface area contributed by atoms with E-state index >= 15 is 0 Å². The average Bonchev–Trinajstić information content (AvgIpc) is 1.56. The maximum Gasteiger partial charge on any atom is 0.0462 e. The molecule has 1 heterocycles. The number of thiophene rings is 1. The van der Waals surface area contributed by atoms with E-state index in [0.29, 0.717) is 0 Å². The normalized spacial score (nSPS) is 11.5. The van der Waals surface area contributed by atoms with Crippen LogP contribution in [0.3, 0.4) is 0 Å². The van der Waals surface area contributed by atoms with Crippen molar-refractivity contribution in [3.05, 3.63) is 412 Å². The van der Waals surface area contributed by atoms with E-state index in [4.69, 9.17) is 0 Å². The first-order valence-corrected chi connectivity index (χ1v) is 35.7. The summed E-state index contributed by atoms with van der Waals surface area (Å²) >= 11 is 1.87. The van der Waals surface area contributed by atoms with Crippen molar-refractivity contribution < 1.29 is 0 Å². The monoisotopic (exact) mass is 1320 g/mol. The second kappa shape index (κ2) is 27.0. The van der Waals surface area contributed by atoms with E-state index in [0.717, 1.165) is 108 Å². The summed E-state index contributed by atoms with van der Waals surface area (Å²) in [6.07, 6.45) is 0.937. The molecule has 1 aliphatic carbocycles. The third-order valence-corrected chi connectivity index (χ3v) is 21.2. The Bertz CT molecular complexity index is 5690. The molecule has 0 saturated carbocycles. The predicted octanol–water partition coefficient (Wildman–Crippen LogP) is 27.8. The largest absolute Gasteiger partial charge is 0.311 e. The van der Waals surface area contributed by atoms with Gasteiger partial charge in [0.05, 0.1) is 0 Å². The Kier molecular flexibility index (Phi) is 16.2. The molecule has 0 fully saturated rings. The number of para-hydroxylation sites is 4. The van der Waals surface area contributed by atoms with Crippen molar-refractivity contribution in [3.63, 3.8) is 0 Å². The molecule has 0 bridgehead atoms. The number of benzene rings is 16. The van der Waals surface area contributed by atoms with Gasteiger partial charge in [0.25, 0.3) is 0 Å². The zero-order chi connectivity index (χ0) is 67.7. The molecule has 0 aliphatic heterocycles. The van der Waals surface area contributed by atoms with Crippen molar-refractivity contribution in [2.75, 3.05) is 19.6 Å². The maximum atomic E-state index is 2.38. The van der Waals surface area contributed by atoms with Crippen LogP contribution in [0.1, 0.15) is 11.1 Å². The van der Waals surface area contributed by atoms with Crippen LogP contribution >= 0.6 is 11.3 Å². The predicted molar refractivity (Wildman–Crippen MR) is 433 cm³/mol. The van der Waals surface area contributed by atoms with Gasteiger partial charge in [-0.1, -0.05) is 249 Å². The van der Waals surface area contributed by atoms with Crippen LogP contribution in [0.2, 0.25) is 0 Å². The zero-order valence-corrected chi connectivity index (χ0v) is 56.8. The van der Waals surface area contributed by atoms with Gasteiger partial charge in [0.2, 0.25) is 0 Å². The molecule has 0 unspecified atom stereocenters. The van der Waals surface area contributed by atoms with Gasteiger partial charge in [-0.15, -0.1) is 11.3 Å². The first-order chi connectivity index (χ1) is 50.6. The summed E-state index contributed by atoms with van der Waals surface area (Å²) in [5.41, 5.74) is 30.3. The summed E-state index contributed by atoms with van der Waals surface area (Å²) in [6.45, 7) is 0. The number of fused-ring (bicyclic) bond motifs is 6. The molecule has 4 nitrogen and oxygen atoms in total. The highest BCUT2D eigenvalue weighted by atomic mass is 32.1. The van der Waals surface area contributed by atoms with E-state index in [1.165, 1.54) is 64.7 Å². The summed E-state index contributed by atoms with van der Waals surface area (Å²) in [4.78, 5) is 9.36. The first-order valence-electron chi connectivity index (χ1n) is 34.9. The fourth-order valence-electron chi connectivity index (χ4n) is 14.9. The minimum absolute atomic E-state index is 0.937. The number of nitrogens with zero attached hydrogens (tertiary/aromatic N) is 4. The second-order valence-electron chi connectivity index (χ2n) is 26.0. The van der Waals surface area contributed by atoms with Gasteiger partial charge < -0.3 is 19.6 Å². The van der Waals surface area contributed by atoms with Crippen molar-refractivity contribution >= 4 is 99.8 Å². The van der Waals surface area contributed by atoms with E-state index in [2.05, 4.69) is 420 Å². The Morgan fingerprint density at radius 3 is 0.804 bits per heavy atom. The van der Waals surface area contributed by atoms with Crippen molar-refractivity contribution in [2.45, 2.75) is 6.42 Å². The third kappa shape index (κ3) is 11.8. The number of anilines is 12. The van der Waals surface area contributed by atoms with E-state index in [1.54, 1.807) is 0 Å². The quantitative estimate of drug-likeness (QED) is 0.0901. The molecule has 0 radical (unpaired) electrons. The molecule has 1 aromatic heterocycles. The Labute approximate surface area is 600 Å². The Morgan fingerprint density at radius 1 is 0.176 bits per heavy atom. The second-order valence-corrected chi connectivity index (χ2v) is 27.1. The van der Waals surface area contributed by atoms with Gasteiger partial charge in [-0.25, -0.2) is 0 Å². The molecule has 102 heavy (non-hydrogen) atoms. The van der Waals surface area contributed by atoms with Crippen LogP contribution in [0.25, 0.3) is 86.9 Å². The van der Waals surface area contributed by atoms with Gasteiger partial charge in [-0.3, -0.25) is 0 Å². The minimum atomic E-state index is 0.937. The lowest BCUT2D eigenvalue weighted by molar-refractivity contribution is 1.26. The molecule has 0 N–H and O–H groups in total. The molecular formula is C97H68N4S. The fourth-order valence-corrected chi connectivity index (χ4v) is 16.1. The van der Waals surface area contributed by atoms with Gasteiger partial charge in [0.15, 0.2) is 0 Å². The Balaban J connectivity index is 0.661. The molecule has 0 spiro atoms. The Hall–Kier alpha value is -13.1. The minimum Gasteiger partial charge on any atom is -0.311 e. The zero-order valence-electron chi connectivity index (χ0n) is 56.0. The van der Waals surface area contributed by atoms with E-state index < -0.39 is 0 Å². The molecular weight excluding hydrogens is 1250 g/mol.